The van der Waals surface area contributed by atoms with Crippen LogP contribution in [0, 0.1) is 5.41 Å². The number of aromatic nitrogens is 2. The second-order valence-corrected chi connectivity index (χ2v) is 7.30. The monoisotopic (exact) mass is 485 g/mol. The third-order valence-corrected chi connectivity index (χ3v) is 4.13. The van der Waals surface area contributed by atoms with Gasteiger partial charge in [0, 0.05) is 32.0 Å². The zero-order chi connectivity index (χ0) is 19.0. The van der Waals surface area contributed by atoms with Crippen LogP contribution in [0.1, 0.15) is 33.3 Å². The van der Waals surface area contributed by atoms with Gasteiger partial charge in [-0.3, -0.25) is 0 Å². The van der Waals surface area contributed by atoms with E-state index in [-0.39, 0.29) is 35.5 Å². The highest BCUT2D eigenvalue weighted by Crippen LogP contribution is 2.20. The molecule has 0 radical (unpaired) electrons. The number of hydrogen-bond acceptors (Lipinski definition) is 3. The fourth-order valence-corrected chi connectivity index (χ4v) is 2.61. The lowest BCUT2D eigenvalue weighted by molar-refractivity contribution is 0.0205. The van der Waals surface area contributed by atoms with Crippen molar-refractivity contribution in [2.45, 2.75) is 40.3 Å². The maximum absolute atomic E-state index is 5.60. The molecule has 150 valence electrons. The molecule has 0 saturated carbocycles. The quantitative estimate of drug-likeness (QED) is 0.358. The van der Waals surface area contributed by atoms with Crippen molar-refractivity contribution < 1.29 is 4.74 Å². The Bertz CT molecular complexity index is 694. The van der Waals surface area contributed by atoms with Crippen LogP contribution in [0.2, 0.25) is 0 Å². The molecule has 2 aromatic rings. The summed E-state index contributed by atoms with van der Waals surface area (Å²) < 4.78 is 7.47. The average molecular weight is 485 g/mol. The number of methoxy groups -OCH3 is 1. The summed E-state index contributed by atoms with van der Waals surface area (Å²) in [6.45, 7) is 10.6. The van der Waals surface area contributed by atoms with Crippen LogP contribution in [0.25, 0.3) is 5.69 Å². The number of hydrogen-bond donors (Lipinski definition) is 2. The molecule has 0 amide bonds. The summed E-state index contributed by atoms with van der Waals surface area (Å²) in [6.07, 6.45) is 3.97. The second kappa shape index (κ2) is 11.3. The van der Waals surface area contributed by atoms with Gasteiger partial charge in [-0.1, -0.05) is 39.0 Å². The normalized spacial score (nSPS) is 13.0. The maximum atomic E-state index is 5.60. The Morgan fingerprint density at radius 1 is 1.22 bits per heavy atom. The van der Waals surface area contributed by atoms with Crippen molar-refractivity contribution in [1.82, 2.24) is 20.4 Å². The molecule has 0 aliphatic rings. The molecular weight excluding hydrogens is 453 g/mol. The number of nitrogens with one attached hydrogen (secondary N) is 2. The van der Waals surface area contributed by atoms with Gasteiger partial charge in [0.25, 0.3) is 0 Å². The SMILES string of the molecule is CCNC(=NCc1cnn(-c2ccccc2)c1)NCC(OC)C(C)(C)C.I. The topological polar surface area (TPSA) is 63.5 Å². The minimum absolute atomic E-state index is 0. The summed E-state index contributed by atoms with van der Waals surface area (Å²) in [6, 6.07) is 10.1. The summed E-state index contributed by atoms with van der Waals surface area (Å²) in [5.74, 6) is 0.784. The molecule has 2 N–H and O–H groups in total. The molecule has 0 aliphatic heterocycles. The van der Waals surface area contributed by atoms with E-state index in [1.807, 2.05) is 47.4 Å². The van der Waals surface area contributed by atoms with Crippen molar-refractivity contribution in [2.24, 2.45) is 10.4 Å². The number of rotatable bonds is 7. The van der Waals surface area contributed by atoms with Crippen molar-refractivity contribution in [3.05, 3.63) is 48.3 Å². The van der Waals surface area contributed by atoms with Crippen LogP contribution in [0.4, 0.5) is 0 Å². The fourth-order valence-electron chi connectivity index (χ4n) is 2.61. The number of nitrogens with zero attached hydrogens (tertiary/aromatic N) is 3. The summed E-state index contributed by atoms with van der Waals surface area (Å²) in [5, 5.41) is 11.1. The molecule has 0 bridgehead atoms. The van der Waals surface area contributed by atoms with Gasteiger partial charge >= 0.3 is 0 Å². The summed E-state index contributed by atoms with van der Waals surface area (Å²) in [5.41, 5.74) is 2.17. The van der Waals surface area contributed by atoms with Gasteiger partial charge in [0.1, 0.15) is 0 Å². The Hall–Kier alpha value is -1.61. The predicted molar refractivity (Wildman–Crippen MR) is 122 cm³/mol. The molecule has 1 atom stereocenters. The lowest BCUT2D eigenvalue weighted by Gasteiger charge is -2.30. The zero-order valence-electron chi connectivity index (χ0n) is 16.9. The van der Waals surface area contributed by atoms with Crippen molar-refractivity contribution in [2.75, 3.05) is 20.2 Å². The summed E-state index contributed by atoms with van der Waals surface area (Å²) >= 11 is 0. The summed E-state index contributed by atoms with van der Waals surface area (Å²) in [7, 11) is 1.75. The third-order valence-electron chi connectivity index (χ3n) is 4.13. The largest absolute Gasteiger partial charge is 0.379 e. The van der Waals surface area contributed by atoms with E-state index in [0.29, 0.717) is 13.1 Å². The van der Waals surface area contributed by atoms with E-state index in [4.69, 9.17) is 4.74 Å². The third kappa shape index (κ3) is 7.50. The van der Waals surface area contributed by atoms with E-state index in [9.17, 15) is 0 Å². The highest BCUT2D eigenvalue weighted by molar-refractivity contribution is 14.0. The molecule has 0 saturated heterocycles. The van der Waals surface area contributed by atoms with Crippen LogP contribution >= 0.6 is 24.0 Å². The number of aliphatic imine (C=N–C) groups is 1. The first-order valence-corrected chi connectivity index (χ1v) is 9.08. The molecule has 0 spiro atoms. The van der Waals surface area contributed by atoms with E-state index in [0.717, 1.165) is 23.8 Å². The lowest BCUT2D eigenvalue weighted by Crippen LogP contribution is -2.45. The molecule has 6 nitrogen and oxygen atoms in total. The Morgan fingerprint density at radius 2 is 1.93 bits per heavy atom. The van der Waals surface area contributed by atoms with Crippen LogP contribution < -0.4 is 10.6 Å². The van der Waals surface area contributed by atoms with Crippen molar-refractivity contribution >= 4 is 29.9 Å². The molecule has 27 heavy (non-hydrogen) atoms. The predicted octanol–water partition coefficient (Wildman–Crippen LogP) is 3.61. The lowest BCUT2D eigenvalue weighted by atomic mass is 9.89. The van der Waals surface area contributed by atoms with Crippen molar-refractivity contribution in [3.63, 3.8) is 0 Å². The number of halogens is 1. The van der Waals surface area contributed by atoms with Crippen molar-refractivity contribution in [1.29, 1.82) is 0 Å². The number of guanidine groups is 1. The molecule has 1 aromatic carbocycles. The van der Waals surface area contributed by atoms with Crippen LogP contribution in [0.5, 0.6) is 0 Å². The first-order chi connectivity index (χ1) is 12.4. The number of para-hydroxylation sites is 1. The van der Waals surface area contributed by atoms with Crippen LogP contribution in [-0.2, 0) is 11.3 Å². The number of benzene rings is 1. The van der Waals surface area contributed by atoms with Gasteiger partial charge in [-0.25, -0.2) is 9.67 Å². The van der Waals surface area contributed by atoms with Gasteiger partial charge in [0.05, 0.1) is 24.5 Å². The second-order valence-electron chi connectivity index (χ2n) is 7.30. The van der Waals surface area contributed by atoms with Crippen LogP contribution in [-0.4, -0.2) is 42.0 Å². The molecule has 7 heteroatoms. The van der Waals surface area contributed by atoms with E-state index in [1.165, 1.54) is 0 Å². The number of ether oxygens (including phenoxy) is 1. The molecular formula is C20H32IN5O. The average Bonchev–Trinajstić information content (AvgIpc) is 3.08. The van der Waals surface area contributed by atoms with E-state index >= 15 is 0 Å². The Balaban J connectivity index is 0.00000364. The summed E-state index contributed by atoms with van der Waals surface area (Å²) in [4.78, 5) is 4.66. The minimum Gasteiger partial charge on any atom is -0.379 e. The van der Waals surface area contributed by atoms with E-state index < -0.39 is 0 Å². The van der Waals surface area contributed by atoms with E-state index in [2.05, 4.69) is 48.4 Å². The smallest absolute Gasteiger partial charge is 0.191 e. The van der Waals surface area contributed by atoms with E-state index in [1.54, 1.807) is 7.11 Å². The van der Waals surface area contributed by atoms with Gasteiger partial charge < -0.3 is 15.4 Å². The Labute approximate surface area is 179 Å². The highest BCUT2D eigenvalue weighted by Gasteiger charge is 2.24. The van der Waals surface area contributed by atoms with Crippen LogP contribution in [0.15, 0.2) is 47.7 Å². The zero-order valence-corrected chi connectivity index (χ0v) is 19.2. The van der Waals surface area contributed by atoms with Crippen LogP contribution in [0.3, 0.4) is 0 Å². The molecule has 2 rings (SSSR count). The van der Waals surface area contributed by atoms with Crippen molar-refractivity contribution in [3.8, 4) is 5.69 Å². The standard InChI is InChI=1S/C20H31N5O.HI/c1-6-21-19(23-14-18(26-5)20(2,3)4)22-12-16-13-24-25(15-16)17-10-8-7-9-11-17;/h7-11,13,15,18H,6,12,14H2,1-5H3,(H2,21,22,23);1H. The maximum Gasteiger partial charge on any atom is 0.191 e. The van der Waals surface area contributed by atoms with Gasteiger partial charge in [-0.15, -0.1) is 24.0 Å². The van der Waals surface area contributed by atoms with Gasteiger partial charge in [-0.05, 0) is 24.5 Å². The minimum atomic E-state index is 0. The van der Waals surface area contributed by atoms with Gasteiger partial charge in [0.15, 0.2) is 5.96 Å². The molecule has 1 heterocycles. The first kappa shape index (κ1) is 23.4. The fraction of sp³-hybridized carbons (Fsp3) is 0.500. The van der Waals surface area contributed by atoms with Gasteiger partial charge in [0.2, 0.25) is 0 Å². The Morgan fingerprint density at radius 3 is 2.52 bits per heavy atom. The highest BCUT2D eigenvalue weighted by atomic mass is 127. The molecule has 1 unspecified atom stereocenters. The first-order valence-electron chi connectivity index (χ1n) is 9.08. The van der Waals surface area contributed by atoms with Gasteiger partial charge in [-0.2, -0.15) is 5.10 Å². The molecule has 0 aliphatic carbocycles. The molecule has 1 aromatic heterocycles. The Kier molecular flexibility index (Phi) is 9.79. The molecule has 0 fully saturated rings.